The highest BCUT2D eigenvalue weighted by atomic mass is 32.2. The molecule has 0 spiro atoms. The number of nitrogens with zero attached hydrogens (tertiary/aromatic N) is 1. The maximum atomic E-state index is 13.6. The van der Waals surface area contributed by atoms with Gasteiger partial charge in [0.25, 0.3) is 10.0 Å². The molecule has 3 aromatic rings. The highest BCUT2D eigenvalue weighted by Crippen LogP contribution is 2.32. The Balaban J connectivity index is 1.92. The summed E-state index contributed by atoms with van der Waals surface area (Å²) in [5, 5.41) is 2.98. The third-order valence-corrected chi connectivity index (χ3v) is 7.83. The molecule has 0 aromatic heterocycles. The van der Waals surface area contributed by atoms with Gasteiger partial charge in [-0.1, -0.05) is 38.1 Å². The molecule has 0 saturated carbocycles. The monoisotopic (exact) mass is 510 g/mol. The zero-order valence-electron chi connectivity index (χ0n) is 21.6. The predicted molar refractivity (Wildman–Crippen MR) is 142 cm³/mol. The molecule has 1 N–H and O–H groups in total. The first-order valence-electron chi connectivity index (χ1n) is 11.8. The van der Waals surface area contributed by atoms with Gasteiger partial charge in [-0.2, -0.15) is 0 Å². The fourth-order valence-corrected chi connectivity index (χ4v) is 5.54. The van der Waals surface area contributed by atoms with Crippen molar-refractivity contribution in [3.8, 4) is 11.5 Å². The molecule has 3 aromatic carbocycles. The van der Waals surface area contributed by atoms with Crippen LogP contribution >= 0.6 is 0 Å². The van der Waals surface area contributed by atoms with Crippen LogP contribution in [0.1, 0.15) is 49.4 Å². The molecule has 0 fully saturated rings. The number of anilines is 1. The molecule has 8 heteroatoms. The van der Waals surface area contributed by atoms with Crippen LogP contribution in [-0.4, -0.2) is 35.1 Å². The summed E-state index contributed by atoms with van der Waals surface area (Å²) in [6.07, 6.45) is 0. The van der Waals surface area contributed by atoms with E-state index in [4.69, 9.17) is 9.47 Å². The largest absolute Gasteiger partial charge is 0.497 e. The van der Waals surface area contributed by atoms with Gasteiger partial charge >= 0.3 is 0 Å². The molecule has 7 nitrogen and oxygen atoms in total. The molecule has 0 bridgehead atoms. The minimum Gasteiger partial charge on any atom is -0.497 e. The Labute approximate surface area is 214 Å². The molecule has 0 aliphatic heterocycles. The fraction of sp³-hybridized carbons (Fsp3) is 0.321. The van der Waals surface area contributed by atoms with Gasteiger partial charge in [0.1, 0.15) is 18.0 Å². The number of ether oxygens (including phenoxy) is 2. The number of methoxy groups -OCH3 is 2. The molecule has 0 aliphatic carbocycles. The van der Waals surface area contributed by atoms with Crippen molar-refractivity contribution in [1.29, 1.82) is 0 Å². The standard InChI is InChI=1S/C28H34N2O5S/c1-19(2)25-17-26(20(3)15-27(25)35-6)21(4)29-28(31)18-30(22-11-10-12-23(16-22)34-5)36(32,33)24-13-8-7-9-14-24/h7-17,19,21H,18H2,1-6H3,(H,29,31)/t21-/m1/s1. The van der Waals surface area contributed by atoms with Crippen LogP contribution in [0.25, 0.3) is 0 Å². The summed E-state index contributed by atoms with van der Waals surface area (Å²) < 4.78 is 39.0. The zero-order valence-corrected chi connectivity index (χ0v) is 22.4. The molecular weight excluding hydrogens is 476 g/mol. The number of benzene rings is 3. The molecule has 0 unspecified atom stereocenters. The Bertz CT molecular complexity index is 1310. The highest BCUT2D eigenvalue weighted by molar-refractivity contribution is 7.92. The van der Waals surface area contributed by atoms with E-state index in [-0.39, 0.29) is 23.4 Å². The molecule has 1 atom stereocenters. The second kappa shape index (κ2) is 11.5. The summed E-state index contributed by atoms with van der Waals surface area (Å²) in [4.78, 5) is 13.3. The fourth-order valence-electron chi connectivity index (χ4n) is 4.11. The number of carbonyl (C=O) groups is 1. The first-order valence-corrected chi connectivity index (χ1v) is 13.2. The van der Waals surface area contributed by atoms with Crippen molar-refractivity contribution in [3.05, 3.63) is 83.4 Å². The molecule has 1 amide bonds. The lowest BCUT2D eigenvalue weighted by atomic mass is 9.93. The molecule has 3 rings (SSSR count). The van der Waals surface area contributed by atoms with Crippen LogP contribution in [0.15, 0.2) is 71.6 Å². The third kappa shape index (κ3) is 5.99. The van der Waals surface area contributed by atoms with Crippen molar-refractivity contribution in [1.82, 2.24) is 5.32 Å². The number of rotatable bonds is 10. The van der Waals surface area contributed by atoms with Gasteiger partial charge in [0, 0.05) is 6.07 Å². The third-order valence-electron chi connectivity index (χ3n) is 6.04. The summed E-state index contributed by atoms with van der Waals surface area (Å²) in [7, 11) is -0.859. The van der Waals surface area contributed by atoms with Crippen LogP contribution in [0.4, 0.5) is 5.69 Å². The van der Waals surface area contributed by atoms with Gasteiger partial charge in [-0.05, 0) is 72.9 Å². The number of hydrogen-bond donors (Lipinski definition) is 1. The smallest absolute Gasteiger partial charge is 0.264 e. The van der Waals surface area contributed by atoms with Crippen molar-refractivity contribution in [3.63, 3.8) is 0 Å². The average Bonchev–Trinajstić information content (AvgIpc) is 2.87. The molecular formula is C28H34N2O5S. The van der Waals surface area contributed by atoms with Crippen LogP contribution in [0.5, 0.6) is 11.5 Å². The van der Waals surface area contributed by atoms with Gasteiger partial charge in [0.05, 0.1) is 30.8 Å². The second-order valence-electron chi connectivity index (χ2n) is 8.92. The van der Waals surface area contributed by atoms with Crippen LogP contribution in [0, 0.1) is 6.92 Å². The van der Waals surface area contributed by atoms with E-state index in [2.05, 4.69) is 19.2 Å². The van der Waals surface area contributed by atoms with Gasteiger partial charge in [0.15, 0.2) is 0 Å². The minimum atomic E-state index is -4.01. The Hall–Kier alpha value is -3.52. The van der Waals surface area contributed by atoms with Crippen LogP contribution in [0.2, 0.25) is 0 Å². The molecule has 0 saturated heterocycles. The lowest BCUT2D eigenvalue weighted by Gasteiger charge is -2.26. The van der Waals surface area contributed by atoms with Crippen molar-refractivity contribution in [2.45, 2.75) is 44.6 Å². The summed E-state index contributed by atoms with van der Waals surface area (Å²) >= 11 is 0. The van der Waals surface area contributed by atoms with E-state index in [9.17, 15) is 13.2 Å². The van der Waals surface area contributed by atoms with E-state index in [1.165, 1.54) is 19.2 Å². The topological polar surface area (TPSA) is 84.9 Å². The predicted octanol–water partition coefficient (Wildman–Crippen LogP) is 5.21. The van der Waals surface area contributed by atoms with Crippen molar-refractivity contribution < 1.29 is 22.7 Å². The van der Waals surface area contributed by atoms with Crippen LogP contribution < -0.4 is 19.1 Å². The maximum absolute atomic E-state index is 13.6. The van der Waals surface area contributed by atoms with E-state index in [1.54, 1.807) is 49.6 Å². The molecule has 36 heavy (non-hydrogen) atoms. The Kier molecular flexibility index (Phi) is 8.63. The number of nitrogens with one attached hydrogen (secondary N) is 1. The zero-order chi connectivity index (χ0) is 26.5. The highest BCUT2D eigenvalue weighted by Gasteiger charge is 2.28. The van der Waals surface area contributed by atoms with E-state index < -0.39 is 15.9 Å². The molecule has 192 valence electrons. The van der Waals surface area contributed by atoms with E-state index in [0.717, 1.165) is 26.7 Å². The van der Waals surface area contributed by atoms with Crippen LogP contribution in [-0.2, 0) is 14.8 Å². The number of hydrogen-bond acceptors (Lipinski definition) is 5. The SMILES string of the molecule is COc1cccc(N(CC(=O)N[C@H](C)c2cc(C(C)C)c(OC)cc2C)S(=O)(=O)c2ccccc2)c1. The molecule has 0 heterocycles. The molecule has 0 radical (unpaired) electrons. The maximum Gasteiger partial charge on any atom is 0.264 e. The summed E-state index contributed by atoms with van der Waals surface area (Å²) in [6.45, 7) is 7.63. The number of carbonyl (C=O) groups excluding carboxylic acids is 1. The Morgan fingerprint density at radius 3 is 2.22 bits per heavy atom. The van der Waals surface area contributed by atoms with Gasteiger partial charge in [-0.15, -0.1) is 0 Å². The first kappa shape index (κ1) is 27.1. The number of aryl methyl sites for hydroxylation is 1. The van der Waals surface area contributed by atoms with Crippen molar-refractivity contribution >= 4 is 21.6 Å². The Morgan fingerprint density at radius 2 is 1.61 bits per heavy atom. The number of amides is 1. The quantitative estimate of drug-likeness (QED) is 0.405. The Morgan fingerprint density at radius 1 is 0.917 bits per heavy atom. The lowest BCUT2D eigenvalue weighted by Crippen LogP contribution is -2.41. The first-order chi connectivity index (χ1) is 17.1. The summed E-state index contributed by atoms with van der Waals surface area (Å²) in [5.74, 6) is 1.11. The van der Waals surface area contributed by atoms with Gasteiger partial charge in [-0.25, -0.2) is 8.42 Å². The van der Waals surface area contributed by atoms with Gasteiger partial charge in [-0.3, -0.25) is 9.10 Å². The van der Waals surface area contributed by atoms with E-state index in [0.29, 0.717) is 11.4 Å². The lowest BCUT2D eigenvalue weighted by molar-refractivity contribution is -0.120. The van der Waals surface area contributed by atoms with E-state index >= 15 is 0 Å². The van der Waals surface area contributed by atoms with Gasteiger partial charge in [0.2, 0.25) is 5.91 Å². The molecule has 0 aliphatic rings. The van der Waals surface area contributed by atoms with Crippen molar-refractivity contribution in [2.24, 2.45) is 0 Å². The second-order valence-corrected chi connectivity index (χ2v) is 10.8. The average molecular weight is 511 g/mol. The number of sulfonamides is 1. The minimum absolute atomic E-state index is 0.0984. The van der Waals surface area contributed by atoms with E-state index in [1.807, 2.05) is 26.0 Å². The summed E-state index contributed by atoms with van der Waals surface area (Å²) in [6, 6.07) is 18.4. The van der Waals surface area contributed by atoms with Gasteiger partial charge < -0.3 is 14.8 Å². The summed E-state index contributed by atoms with van der Waals surface area (Å²) in [5.41, 5.74) is 3.31. The van der Waals surface area contributed by atoms with Crippen molar-refractivity contribution in [2.75, 3.05) is 25.1 Å². The van der Waals surface area contributed by atoms with Crippen LogP contribution in [0.3, 0.4) is 0 Å². The normalized spacial score (nSPS) is 12.2.